The van der Waals surface area contributed by atoms with E-state index in [0.29, 0.717) is 20.4 Å². The largest absolute Gasteiger partial charge is 0.364 e. The van der Waals surface area contributed by atoms with Gasteiger partial charge in [0.2, 0.25) is 0 Å². The third-order valence-corrected chi connectivity index (χ3v) is 4.71. The summed E-state index contributed by atoms with van der Waals surface area (Å²) in [6, 6.07) is 0. The van der Waals surface area contributed by atoms with Gasteiger partial charge in [0, 0.05) is 0 Å². The predicted octanol–water partition coefficient (Wildman–Crippen LogP) is 3.77. The lowest BCUT2D eigenvalue weighted by Crippen LogP contribution is -1.89. The summed E-state index contributed by atoms with van der Waals surface area (Å²) in [5, 5.41) is 0. The Morgan fingerprint density at radius 3 is 1.79 bits per heavy atom. The van der Waals surface area contributed by atoms with Crippen molar-refractivity contribution in [3.63, 3.8) is 0 Å². The van der Waals surface area contributed by atoms with Crippen LogP contribution in [0.4, 0.5) is 0 Å². The van der Waals surface area contributed by atoms with Crippen LogP contribution in [0.5, 0.6) is 0 Å². The minimum Gasteiger partial charge on any atom is -0.146 e. The van der Waals surface area contributed by atoms with E-state index in [2.05, 4.69) is 13.8 Å². The fourth-order valence-electron chi connectivity index (χ4n) is 1.74. The molecule has 0 fully saturated rings. The maximum Gasteiger partial charge on any atom is 0.364 e. The van der Waals surface area contributed by atoms with Crippen LogP contribution in [-0.4, -0.2) is 43.4 Å². The average molecular weight is 221 g/mol. The molecule has 0 aromatic heterocycles. The van der Waals surface area contributed by atoms with E-state index < -0.39 is 0 Å². The van der Waals surface area contributed by atoms with Gasteiger partial charge in [0.15, 0.2) is 0 Å². The minimum absolute atomic E-state index is 0. The van der Waals surface area contributed by atoms with Crippen molar-refractivity contribution in [3.8, 4) is 0 Å². The van der Waals surface area contributed by atoms with E-state index in [1.54, 1.807) is 15.5 Å². The van der Waals surface area contributed by atoms with E-state index in [9.17, 15) is 0 Å². The van der Waals surface area contributed by atoms with E-state index in [0.717, 1.165) is 0 Å². The van der Waals surface area contributed by atoms with Gasteiger partial charge in [-0.05, 0) is 0 Å². The molecule has 0 aliphatic rings. The molecule has 0 atom stereocenters. The predicted molar refractivity (Wildman–Crippen MR) is 72.2 cm³/mol. The van der Waals surface area contributed by atoms with E-state index in [4.69, 9.17) is 0 Å². The minimum atomic E-state index is 0. The lowest BCUT2D eigenvalue weighted by molar-refractivity contribution is 0.623. The van der Waals surface area contributed by atoms with Crippen molar-refractivity contribution in [2.45, 2.75) is 74.3 Å². The summed E-state index contributed by atoms with van der Waals surface area (Å²) in [6.07, 6.45) is 11.8. The second-order valence-corrected chi connectivity index (χ2v) is 6.30. The molecule has 0 nitrogen and oxygen atoms in total. The van der Waals surface area contributed by atoms with Gasteiger partial charge in [-0.15, -0.1) is 9.10 Å². The van der Waals surface area contributed by atoms with Crippen LogP contribution in [0.25, 0.3) is 0 Å². The van der Waals surface area contributed by atoms with Crippen molar-refractivity contribution in [3.05, 3.63) is 0 Å². The number of unbranched alkanes of at least 4 members (excludes halogenated alkanes) is 6. The van der Waals surface area contributed by atoms with E-state index in [1.807, 2.05) is 0 Å². The maximum absolute atomic E-state index is 2.30. The molecule has 0 amide bonds. The van der Waals surface area contributed by atoms with Gasteiger partial charge in [-0.3, -0.25) is 0 Å². The Labute approximate surface area is 117 Å². The fraction of sp³-hybridized carbons (Fsp3) is 1.00. The van der Waals surface area contributed by atoms with E-state index in [1.165, 1.54) is 44.9 Å². The second-order valence-electron chi connectivity index (χ2n) is 4.18. The lowest BCUT2D eigenvalue weighted by atomic mass is 10.1. The van der Waals surface area contributed by atoms with Crippen molar-refractivity contribution < 1.29 is 0 Å². The van der Waals surface area contributed by atoms with Gasteiger partial charge in [-0.2, -0.15) is 0 Å². The second kappa shape index (κ2) is 16.9. The topological polar surface area (TPSA) is 0 Å². The zero-order chi connectivity index (χ0) is 9.78. The molecule has 14 heavy (non-hydrogen) atoms. The highest BCUT2D eigenvalue weighted by Gasteiger charge is 1.95. The SMILES string of the molecule is CCCCCCC[CH2][Mg][CH2]CCC.[MgH2]. The van der Waals surface area contributed by atoms with Gasteiger partial charge >= 0.3 is 43.4 Å². The van der Waals surface area contributed by atoms with E-state index in [-0.39, 0.29) is 23.1 Å². The first-order valence-electron chi connectivity index (χ1n) is 6.41. The maximum atomic E-state index is 2.30. The van der Waals surface area contributed by atoms with Crippen molar-refractivity contribution >= 4 is 43.4 Å². The normalized spacial score (nSPS) is 9.29. The third-order valence-electron chi connectivity index (χ3n) is 2.71. The summed E-state index contributed by atoms with van der Waals surface area (Å²) in [5.41, 5.74) is 0. The summed E-state index contributed by atoms with van der Waals surface area (Å²) in [4.78, 5) is 0. The smallest absolute Gasteiger partial charge is 0.146 e. The monoisotopic (exact) mass is 220 g/mol. The molecule has 0 rings (SSSR count). The molecule has 80 valence electrons. The molecule has 0 N–H and O–H groups in total. The molecule has 0 saturated heterocycles. The highest BCUT2D eigenvalue weighted by atomic mass is 24.5. The standard InChI is InChI=1S/C8H17.C4H9.2Mg.2H/c1-3-5-7-8-6-4-2;1-3-4-2;;;;/h1,3-8H2,2H3;1,3-4H2,2H3;;;;. The molecule has 0 aliphatic carbocycles. The summed E-state index contributed by atoms with van der Waals surface area (Å²) in [6.45, 7) is 4.59. The number of rotatable bonds is 10. The van der Waals surface area contributed by atoms with Crippen molar-refractivity contribution in [1.82, 2.24) is 0 Å². The highest BCUT2D eigenvalue weighted by molar-refractivity contribution is 6.35. The van der Waals surface area contributed by atoms with Crippen LogP contribution < -0.4 is 0 Å². The number of hydrogen-bond donors (Lipinski definition) is 0. The van der Waals surface area contributed by atoms with Gasteiger partial charge in [0.25, 0.3) is 0 Å². The molecule has 0 aromatic rings. The average Bonchev–Trinajstić information content (AvgIpc) is 2.16. The van der Waals surface area contributed by atoms with Crippen molar-refractivity contribution in [2.24, 2.45) is 0 Å². The molecule has 0 saturated carbocycles. The Bertz CT molecular complexity index is 74.4. The van der Waals surface area contributed by atoms with Crippen LogP contribution >= 0.6 is 0 Å². The van der Waals surface area contributed by atoms with Crippen LogP contribution in [0, 0.1) is 0 Å². The third kappa shape index (κ3) is 16.0. The first-order chi connectivity index (χ1) is 6.41. The molecule has 0 bridgehead atoms. The summed E-state index contributed by atoms with van der Waals surface area (Å²) >= 11 is 0.361. The van der Waals surface area contributed by atoms with Crippen LogP contribution in [0.15, 0.2) is 0 Å². The van der Waals surface area contributed by atoms with Crippen LogP contribution in [0.3, 0.4) is 0 Å². The Morgan fingerprint density at radius 1 is 0.643 bits per heavy atom. The molecule has 0 radical (unpaired) electrons. The molecular formula is C12H28Mg2. The summed E-state index contributed by atoms with van der Waals surface area (Å²) in [7, 11) is 0. The van der Waals surface area contributed by atoms with Crippen LogP contribution in [-0.2, 0) is 0 Å². The molecule has 0 aromatic carbocycles. The lowest BCUT2D eigenvalue weighted by Gasteiger charge is -1.99. The first kappa shape index (κ1) is 17.9. The Hall–Kier alpha value is 1.53. The summed E-state index contributed by atoms with van der Waals surface area (Å²) in [5.74, 6) is 0. The Morgan fingerprint density at radius 2 is 1.14 bits per heavy atom. The highest BCUT2D eigenvalue weighted by Crippen LogP contribution is 2.08. The Balaban J connectivity index is 0. The molecule has 0 heterocycles. The van der Waals surface area contributed by atoms with Gasteiger partial charge in [-0.25, -0.2) is 0 Å². The molecular weight excluding hydrogens is 193 g/mol. The number of hydrogen-bond acceptors (Lipinski definition) is 0. The Kier molecular flexibility index (Phi) is 21.7. The zero-order valence-electron chi connectivity index (χ0n) is 9.78. The van der Waals surface area contributed by atoms with Gasteiger partial charge < -0.3 is 0 Å². The van der Waals surface area contributed by atoms with Gasteiger partial charge in [-0.1, -0.05) is 65.2 Å². The van der Waals surface area contributed by atoms with Crippen LogP contribution in [0.1, 0.15) is 65.2 Å². The molecule has 0 aliphatic heterocycles. The van der Waals surface area contributed by atoms with Crippen molar-refractivity contribution in [2.75, 3.05) is 0 Å². The molecule has 2 heteroatoms. The fourth-order valence-corrected chi connectivity index (χ4v) is 3.65. The quantitative estimate of drug-likeness (QED) is 0.389. The van der Waals surface area contributed by atoms with Crippen molar-refractivity contribution in [1.29, 1.82) is 0 Å². The van der Waals surface area contributed by atoms with Crippen LogP contribution in [0.2, 0.25) is 9.10 Å². The van der Waals surface area contributed by atoms with Gasteiger partial charge in [0.05, 0.1) is 0 Å². The van der Waals surface area contributed by atoms with Gasteiger partial charge in [0.1, 0.15) is 0 Å². The van der Waals surface area contributed by atoms with E-state index >= 15 is 0 Å². The molecule has 0 spiro atoms. The zero-order valence-corrected chi connectivity index (χ0v) is 11.2. The molecule has 0 unspecified atom stereocenters. The first-order valence-corrected chi connectivity index (χ1v) is 8.41. The summed E-state index contributed by atoms with van der Waals surface area (Å²) < 4.78 is 3.22.